The van der Waals surface area contributed by atoms with E-state index in [4.69, 9.17) is 0 Å². The predicted molar refractivity (Wildman–Crippen MR) is 50.1 cm³/mol. The normalized spacial score (nSPS) is 10.5. The van der Waals surface area contributed by atoms with Crippen molar-refractivity contribution in [1.29, 1.82) is 0 Å². The predicted octanol–water partition coefficient (Wildman–Crippen LogP) is 1.59. The highest BCUT2D eigenvalue weighted by Crippen LogP contribution is 2.07. The van der Waals surface area contributed by atoms with Gasteiger partial charge in [0.25, 0.3) is 0 Å². The molecule has 0 aliphatic rings. The lowest BCUT2D eigenvalue weighted by Crippen LogP contribution is -1.86. The third-order valence-corrected chi connectivity index (χ3v) is 2.04. The van der Waals surface area contributed by atoms with Crippen molar-refractivity contribution in [3.05, 3.63) is 17.5 Å². The molecule has 0 spiro atoms. The first kappa shape index (κ1) is 8.65. The first-order valence-electron chi connectivity index (χ1n) is 3.84. The summed E-state index contributed by atoms with van der Waals surface area (Å²) in [5.74, 6) is 0.953. The minimum Gasteiger partial charge on any atom is -0.275 e. The van der Waals surface area contributed by atoms with E-state index in [-0.39, 0.29) is 0 Å². The molecular formula is C8H14N2S. The molecule has 0 N–H and O–H groups in total. The van der Waals surface area contributed by atoms with Crippen LogP contribution in [0.25, 0.3) is 0 Å². The Morgan fingerprint density at radius 1 is 1.64 bits per heavy atom. The van der Waals surface area contributed by atoms with Gasteiger partial charge in [-0.1, -0.05) is 0 Å². The summed E-state index contributed by atoms with van der Waals surface area (Å²) in [6.07, 6.45) is 4.32. The Bertz CT molecular complexity index is 230. The van der Waals surface area contributed by atoms with Crippen LogP contribution >= 0.6 is 12.6 Å². The highest BCUT2D eigenvalue weighted by Gasteiger charge is 2.00. The first-order chi connectivity index (χ1) is 5.24. The Morgan fingerprint density at radius 3 is 2.82 bits per heavy atom. The van der Waals surface area contributed by atoms with E-state index in [2.05, 4.69) is 23.9 Å². The number of hydrogen-bond donors (Lipinski definition) is 1. The number of aryl methyl sites for hydroxylation is 3. The van der Waals surface area contributed by atoms with Crippen LogP contribution in [0.2, 0.25) is 0 Å². The van der Waals surface area contributed by atoms with Crippen molar-refractivity contribution in [2.24, 2.45) is 7.05 Å². The second-order valence-electron chi connectivity index (χ2n) is 2.74. The molecular weight excluding hydrogens is 156 g/mol. The second kappa shape index (κ2) is 3.81. The van der Waals surface area contributed by atoms with Gasteiger partial charge in [-0.3, -0.25) is 4.68 Å². The lowest BCUT2D eigenvalue weighted by molar-refractivity contribution is 0.756. The van der Waals surface area contributed by atoms with Gasteiger partial charge in [0.05, 0.1) is 5.69 Å². The lowest BCUT2D eigenvalue weighted by Gasteiger charge is -1.93. The largest absolute Gasteiger partial charge is 0.275 e. The van der Waals surface area contributed by atoms with Gasteiger partial charge in [0.1, 0.15) is 0 Å². The number of rotatable bonds is 3. The van der Waals surface area contributed by atoms with E-state index in [1.807, 2.05) is 18.7 Å². The molecule has 0 atom stereocenters. The molecule has 0 radical (unpaired) electrons. The van der Waals surface area contributed by atoms with Crippen molar-refractivity contribution in [2.75, 3.05) is 5.75 Å². The Balaban J connectivity index is 2.62. The zero-order valence-corrected chi connectivity index (χ0v) is 7.93. The van der Waals surface area contributed by atoms with E-state index in [0.717, 1.165) is 24.3 Å². The molecule has 2 nitrogen and oxygen atoms in total. The van der Waals surface area contributed by atoms with Gasteiger partial charge in [0, 0.05) is 13.2 Å². The number of hydrogen-bond acceptors (Lipinski definition) is 2. The molecule has 0 aliphatic carbocycles. The van der Waals surface area contributed by atoms with Gasteiger partial charge in [-0.05, 0) is 31.1 Å². The number of nitrogens with zero attached hydrogens (tertiary/aromatic N) is 2. The van der Waals surface area contributed by atoms with Gasteiger partial charge in [0.15, 0.2) is 0 Å². The van der Waals surface area contributed by atoms with Crippen LogP contribution in [-0.2, 0) is 13.5 Å². The summed E-state index contributed by atoms with van der Waals surface area (Å²) in [4.78, 5) is 0. The average molecular weight is 170 g/mol. The summed E-state index contributed by atoms with van der Waals surface area (Å²) in [7, 11) is 1.96. The number of aromatic nitrogens is 2. The summed E-state index contributed by atoms with van der Waals surface area (Å²) in [6, 6.07) is 0. The standard InChI is InChI=1S/C8H14N2S/c1-7-8(4-3-5-11)6-10(2)9-7/h6,11H,3-5H2,1-2H3. The minimum absolute atomic E-state index is 0.953. The van der Waals surface area contributed by atoms with E-state index in [1.54, 1.807) is 0 Å². The van der Waals surface area contributed by atoms with Crippen molar-refractivity contribution in [3.8, 4) is 0 Å². The van der Waals surface area contributed by atoms with Gasteiger partial charge in [-0.15, -0.1) is 0 Å². The SMILES string of the molecule is Cc1nn(C)cc1CCCS. The molecule has 0 bridgehead atoms. The lowest BCUT2D eigenvalue weighted by atomic mass is 10.1. The zero-order chi connectivity index (χ0) is 8.27. The topological polar surface area (TPSA) is 17.8 Å². The van der Waals surface area contributed by atoms with Gasteiger partial charge < -0.3 is 0 Å². The summed E-state index contributed by atoms with van der Waals surface area (Å²) in [5.41, 5.74) is 2.50. The molecule has 1 aromatic heterocycles. The molecule has 1 heterocycles. The molecule has 0 aromatic carbocycles. The maximum absolute atomic E-state index is 4.26. The third kappa shape index (κ3) is 2.26. The maximum atomic E-state index is 4.26. The van der Waals surface area contributed by atoms with Crippen LogP contribution in [0.5, 0.6) is 0 Å². The Labute approximate surface area is 73.0 Å². The molecule has 62 valence electrons. The molecule has 0 amide bonds. The van der Waals surface area contributed by atoms with E-state index in [0.29, 0.717) is 0 Å². The van der Waals surface area contributed by atoms with Crippen LogP contribution in [0.15, 0.2) is 6.20 Å². The van der Waals surface area contributed by atoms with Crippen molar-refractivity contribution in [1.82, 2.24) is 9.78 Å². The molecule has 0 saturated heterocycles. The van der Waals surface area contributed by atoms with E-state index < -0.39 is 0 Å². The Morgan fingerprint density at radius 2 is 2.36 bits per heavy atom. The summed E-state index contributed by atoms with van der Waals surface area (Å²) < 4.78 is 1.86. The highest BCUT2D eigenvalue weighted by molar-refractivity contribution is 7.80. The van der Waals surface area contributed by atoms with Crippen molar-refractivity contribution >= 4 is 12.6 Å². The van der Waals surface area contributed by atoms with Crippen LogP contribution in [0.4, 0.5) is 0 Å². The van der Waals surface area contributed by atoms with E-state index in [1.165, 1.54) is 5.56 Å². The molecule has 3 heteroatoms. The fourth-order valence-electron chi connectivity index (χ4n) is 1.16. The van der Waals surface area contributed by atoms with Crippen molar-refractivity contribution < 1.29 is 0 Å². The molecule has 0 saturated carbocycles. The maximum Gasteiger partial charge on any atom is 0.0625 e. The van der Waals surface area contributed by atoms with Gasteiger partial charge >= 0.3 is 0 Å². The second-order valence-corrected chi connectivity index (χ2v) is 3.19. The van der Waals surface area contributed by atoms with Crippen LogP contribution in [0.3, 0.4) is 0 Å². The van der Waals surface area contributed by atoms with Crippen LogP contribution in [0.1, 0.15) is 17.7 Å². The zero-order valence-electron chi connectivity index (χ0n) is 7.04. The molecule has 0 aliphatic heterocycles. The summed E-state index contributed by atoms with van der Waals surface area (Å²) in [6.45, 7) is 2.05. The smallest absolute Gasteiger partial charge is 0.0625 e. The van der Waals surface area contributed by atoms with Gasteiger partial charge in [-0.2, -0.15) is 17.7 Å². The Kier molecular flexibility index (Phi) is 3.00. The summed E-state index contributed by atoms with van der Waals surface area (Å²) in [5, 5.41) is 4.26. The monoisotopic (exact) mass is 170 g/mol. The van der Waals surface area contributed by atoms with Gasteiger partial charge in [-0.25, -0.2) is 0 Å². The first-order valence-corrected chi connectivity index (χ1v) is 4.47. The number of thiol groups is 1. The molecule has 0 fully saturated rings. The van der Waals surface area contributed by atoms with E-state index in [9.17, 15) is 0 Å². The minimum atomic E-state index is 0.953. The third-order valence-electron chi connectivity index (χ3n) is 1.72. The highest BCUT2D eigenvalue weighted by atomic mass is 32.1. The van der Waals surface area contributed by atoms with Crippen LogP contribution < -0.4 is 0 Å². The van der Waals surface area contributed by atoms with Crippen molar-refractivity contribution in [2.45, 2.75) is 19.8 Å². The quantitative estimate of drug-likeness (QED) is 0.682. The van der Waals surface area contributed by atoms with Crippen LogP contribution in [-0.4, -0.2) is 15.5 Å². The van der Waals surface area contributed by atoms with E-state index >= 15 is 0 Å². The summed E-state index contributed by atoms with van der Waals surface area (Å²) >= 11 is 4.16. The molecule has 11 heavy (non-hydrogen) atoms. The fourth-order valence-corrected chi connectivity index (χ4v) is 1.32. The molecule has 1 rings (SSSR count). The average Bonchev–Trinajstić information content (AvgIpc) is 2.26. The van der Waals surface area contributed by atoms with Crippen molar-refractivity contribution in [3.63, 3.8) is 0 Å². The van der Waals surface area contributed by atoms with Crippen LogP contribution in [0, 0.1) is 6.92 Å². The van der Waals surface area contributed by atoms with Gasteiger partial charge in [0.2, 0.25) is 0 Å². The molecule has 1 aromatic rings. The fraction of sp³-hybridized carbons (Fsp3) is 0.625. The Hall–Kier alpha value is -0.440. The molecule has 0 unspecified atom stereocenters.